The summed E-state index contributed by atoms with van der Waals surface area (Å²) in [4.78, 5) is 11.9. The number of benzene rings is 1. The maximum absolute atomic E-state index is 12.8. The largest absolute Gasteiger partial charge is 0.416 e. The second kappa shape index (κ2) is 7.80. The Kier molecular flexibility index (Phi) is 6.65. The van der Waals surface area contributed by atoms with Crippen LogP contribution in [0.15, 0.2) is 18.2 Å². The first-order chi connectivity index (χ1) is 9.88. The van der Waals surface area contributed by atoms with Crippen molar-refractivity contribution in [1.82, 2.24) is 5.32 Å². The van der Waals surface area contributed by atoms with Gasteiger partial charge in [-0.15, -0.1) is 12.4 Å². The second-order valence-electron chi connectivity index (χ2n) is 4.95. The maximum atomic E-state index is 12.8. The molecule has 124 valence electrons. The van der Waals surface area contributed by atoms with E-state index >= 15 is 0 Å². The molecule has 2 rings (SSSR count). The molecule has 2 N–H and O–H groups in total. The molecule has 8 heteroatoms. The first kappa shape index (κ1) is 18.7. The van der Waals surface area contributed by atoms with Gasteiger partial charge < -0.3 is 15.4 Å². The van der Waals surface area contributed by atoms with Crippen LogP contribution in [0.2, 0.25) is 0 Å². The SMILES string of the molecule is Cc1c(NC(=O)CC2COCCN2)cccc1C(F)(F)F.Cl. The van der Waals surface area contributed by atoms with Gasteiger partial charge in [0, 0.05) is 24.7 Å². The monoisotopic (exact) mass is 338 g/mol. The van der Waals surface area contributed by atoms with Crippen LogP contribution in [0.4, 0.5) is 18.9 Å². The summed E-state index contributed by atoms with van der Waals surface area (Å²) in [7, 11) is 0. The van der Waals surface area contributed by atoms with Crippen molar-refractivity contribution in [3.8, 4) is 0 Å². The normalized spacial score (nSPS) is 18.5. The zero-order valence-corrected chi connectivity index (χ0v) is 12.8. The van der Waals surface area contributed by atoms with Crippen LogP contribution in [0.3, 0.4) is 0 Å². The highest BCUT2D eigenvalue weighted by Crippen LogP contribution is 2.34. The quantitative estimate of drug-likeness (QED) is 0.891. The number of carbonyl (C=O) groups excluding carboxylic acids is 1. The van der Waals surface area contributed by atoms with Crippen LogP contribution < -0.4 is 10.6 Å². The number of nitrogens with one attached hydrogen (secondary N) is 2. The van der Waals surface area contributed by atoms with Crippen molar-refractivity contribution < 1.29 is 22.7 Å². The Morgan fingerprint density at radius 3 is 2.77 bits per heavy atom. The van der Waals surface area contributed by atoms with Crippen LogP contribution in [0.1, 0.15) is 17.5 Å². The molecule has 1 atom stereocenters. The van der Waals surface area contributed by atoms with E-state index in [1.54, 1.807) is 0 Å². The number of ether oxygens (including phenoxy) is 1. The molecule has 0 aromatic heterocycles. The third-order valence-electron chi connectivity index (χ3n) is 3.34. The van der Waals surface area contributed by atoms with Crippen molar-refractivity contribution >= 4 is 24.0 Å². The van der Waals surface area contributed by atoms with E-state index in [4.69, 9.17) is 4.74 Å². The highest BCUT2D eigenvalue weighted by atomic mass is 35.5. The predicted octanol–water partition coefficient (Wildman–Crippen LogP) is 2.75. The average molecular weight is 339 g/mol. The Balaban J connectivity index is 0.00000242. The molecule has 1 fully saturated rings. The van der Waals surface area contributed by atoms with E-state index in [0.29, 0.717) is 19.8 Å². The number of carbonyl (C=O) groups is 1. The van der Waals surface area contributed by atoms with E-state index in [1.165, 1.54) is 19.1 Å². The number of alkyl halides is 3. The van der Waals surface area contributed by atoms with Crippen molar-refractivity contribution in [3.63, 3.8) is 0 Å². The number of anilines is 1. The second-order valence-corrected chi connectivity index (χ2v) is 4.95. The molecule has 1 heterocycles. The van der Waals surface area contributed by atoms with Crippen molar-refractivity contribution in [3.05, 3.63) is 29.3 Å². The minimum Gasteiger partial charge on any atom is -0.378 e. The molecule has 1 aliphatic rings. The fourth-order valence-corrected chi connectivity index (χ4v) is 2.25. The van der Waals surface area contributed by atoms with E-state index in [-0.39, 0.29) is 42.0 Å². The number of hydrogen-bond donors (Lipinski definition) is 2. The average Bonchev–Trinajstić information content (AvgIpc) is 2.41. The van der Waals surface area contributed by atoms with Gasteiger partial charge in [-0.2, -0.15) is 13.2 Å². The Bertz CT molecular complexity index is 517. The zero-order valence-electron chi connectivity index (χ0n) is 12.0. The summed E-state index contributed by atoms with van der Waals surface area (Å²) in [5, 5.41) is 5.66. The minimum atomic E-state index is -4.43. The third-order valence-corrected chi connectivity index (χ3v) is 3.34. The Morgan fingerprint density at radius 1 is 1.45 bits per heavy atom. The number of hydrogen-bond acceptors (Lipinski definition) is 3. The van der Waals surface area contributed by atoms with Crippen molar-refractivity contribution in [2.45, 2.75) is 25.6 Å². The van der Waals surface area contributed by atoms with Crippen LogP contribution in [-0.4, -0.2) is 31.7 Å². The molecule has 1 aromatic rings. The van der Waals surface area contributed by atoms with Crippen LogP contribution in [0, 0.1) is 6.92 Å². The van der Waals surface area contributed by atoms with Gasteiger partial charge in [0.2, 0.25) is 5.91 Å². The highest BCUT2D eigenvalue weighted by molar-refractivity contribution is 5.92. The van der Waals surface area contributed by atoms with Gasteiger partial charge in [0.25, 0.3) is 0 Å². The molecular formula is C14H18ClF3N2O2. The Hall–Kier alpha value is -1.31. The van der Waals surface area contributed by atoms with Gasteiger partial charge in [0.05, 0.1) is 18.8 Å². The Morgan fingerprint density at radius 2 is 2.18 bits per heavy atom. The fraction of sp³-hybridized carbons (Fsp3) is 0.500. The van der Waals surface area contributed by atoms with E-state index < -0.39 is 11.7 Å². The third kappa shape index (κ3) is 4.86. The molecule has 0 bridgehead atoms. The van der Waals surface area contributed by atoms with Gasteiger partial charge in [-0.1, -0.05) is 6.07 Å². The topological polar surface area (TPSA) is 50.4 Å². The molecule has 0 saturated carbocycles. The van der Waals surface area contributed by atoms with Crippen molar-refractivity contribution in [1.29, 1.82) is 0 Å². The first-order valence-corrected chi connectivity index (χ1v) is 6.65. The smallest absolute Gasteiger partial charge is 0.378 e. The molecule has 0 radical (unpaired) electrons. The van der Waals surface area contributed by atoms with Gasteiger partial charge in [-0.05, 0) is 24.6 Å². The van der Waals surface area contributed by atoms with Crippen LogP contribution in [-0.2, 0) is 15.7 Å². The lowest BCUT2D eigenvalue weighted by Crippen LogP contribution is -2.43. The summed E-state index contributed by atoms with van der Waals surface area (Å²) in [5.74, 6) is -0.333. The van der Waals surface area contributed by atoms with Crippen molar-refractivity contribution in [2.24, 2.45) is 0 Å². The lowest BCUT2D eigenvalue weighted by atomic mass is 10.1. The van der Waals surface area contributed by atoms with Crippen molar-refractivity contribution in [2.75, 3.05) is 25.1 Å². The predicted molar refractivity (Wildman–Crippen MR) is 79.3 cm³/mol. The molecule has 0 spiro atoms. The summed E-state index contributed by atoms with van der Waals surface area (Å²) < 4.78 is 43.6. The lowest BCUT2D eigenvalue weighted by Gasteiger charge is -2.23. The lowest BCUT2D eigenvalue weighted by molar-refractivity contribution is -0.138. The zero-order chi connectivity index (χ0) is 15.5. The van der Waals surface area contributed by atoms with Gasteiger partial charge in [-0.25, -0.2) is 0 Å². The molecular weight excluding hydrogens is 321 g/mol. The van der Waals surface area contributed by atoms with Gasteiger partial charge in [-0.3, -0.25) is 4.79 Å². The summed E-state index contributed by atoms with van der Waals surface area (Å²) in [6.07, 6.45) is -4.26. The molecule has 1 unspecified atom stereocenters. The molecule has 1 amide bonds. The molecule has 1 saturated heterocycles. The molecule has 1 aliphatic heterocycles. The van der Waals surface area contributed by atoms with Crippen LogP contribution >= 0.6 is 12.4 Å². The summed E-state index contributed by atoms with van der Waals surface area (Å²) in [6.45, 7) is 3.04. The first-order valence-electron chi connectivity index (χ1n) is 6.65. The van der Waals surface area contributed by atoms with Gasteiger partial charge in [0.1, 0.15) is 0 Å². The van der Waals surface area contributed by atoms with Gasteiger partial charge >= 0.3 is 6.18 Å². The number of morpholine rings is 1. The number of halogens is 4. The molecule has 0 aliphatic carbocycles. The highest BCUT2D eigenvalue weighted by Gasteiger charge is 2.33. The van der Waals surface area contributed by atoms with E-state index in [2.05, 4.69) is 10.6 Å². The van der Waals surface area contributed by atoms with Crippen LogP contribution in [0.25, 0.3) is 0 Å². The number of rotatable bonds is 3. The molecule has 4 nitrogen and oxygen atoms in total. The maximum Gasteiger partial charge on any atom is 0.416 e. The number of amides is 1. The summed E-state index contributed by atoms with van der Waals surface area (Å²) >= 11 is 0. The minimum absolute atomic E-state index is 0. The van der Waals surface area contributed by atoms with E-state index in [0.717, 1.165) is 6.07 Å². The standard InChI is InChI=1S/C14H17F3N2O2.ClH/c1-9-11(14(15,16)17)3-2-4-12(9)19-13(20)7-10-8-21-6-5-18-10;/h2-4,10,18H,5-8H2,1H3,(H,19,20);1H. The molecule has 1 aromatic carbocycles. The Labute approximate surface area is 132 Å². The summed E-state index contributed by atoms with van der Waals surface area (Å²) in [6, 6.07) is 3.65. The van der Waals surface area contributed by atoms with Crippen LogP contribution in [0.5, 0.6) is 0 Å². The summed E-state index contributed by atoms with van der Waals surface area (Å²) in [5.41, 5.74) is -0.530. The van der Waals surface area contributed by atoms with E-state index in [9.17, 15) is 18.0 Å². The molecule has 22 heavy (non-hydrogen) atoms. The fourth-order valence-electron chi connectivity index (χ4n) is 2.25. The van der Waals surface area contributed by atoms with E-state index in [1.807, 2.05) is 0 Å². The van der Waals surface area contributed by atoms with Gasteiger partial charge in [0.15, 0.2) is 0 Å².